The molecule has 0 aliphatic heterocycles. The Kier molecular flexibility index (Phi) is 5.96. The molecule has 0 fully saturated rings. The molecule has 1 aromatic rings. The lowest BCUT2D eigenvalue weighted by atomic mass is 10.2. The van der Waals surface area contributed by atoms with Crippen LogP contribution in [-0.2, 0) is 0 Å². The third-order valence-corrected chi connectivity index (χ3v) is 5.30. The van der Waals surface area contributed by atoms with Crippen LogP contribution in [0.2, 0.25) is 0 Å². The van der Waals surface area contributed by atoms with E-state index < -0.39 is 0 Å². The highest BCUT2D eigenvalue weighted by Gasteiger charge is 2.13. The van der Waals surface area contributed by atoms with Gasteiger partial charge in [-0.25, -0.2) is 0 Å². The summed E-state index contributed by atoms with van der Waals surface area (Å²) < 4.78 is 1.81. The van der Waals surface area contributed by atoms with E-state index in [1.165, 1.54) is 11.3 Å². The molecule has 16 heavy (non-hydrogen) atoms. The molecule has 1 unspecified atom stereocenters. The molecule has 3 nitrogen and oxygen atoms in total. The van der Waals surface area contributed by atoms with Crippen LogP contribution >= 0.6 is 43.2 Å². The number of halogens is 2. The minimum Gasteiger partial charge on any atom is -0.396 e. The van der Waals surface area contributed by atoms with Crippen LogP contribution in [0, 0.1) is 0 Å². The standard InChI is InChI=1S/C10H13Br2NO2S/c1-6(3-2-4-14)13-10(15)8-5-7(11)9(12)16-8/h5-6,14H,2-4H2,1H3,(H,13,15). The predicted octanol–water partition coefficient (Wildman–Crippen LogP) is 3.16. The number of thiophene rings is 1. The van der Waals surface area contributed by atoms with Crippen LogP contribution in [0.4, 0.5) is 0 Å². The summed E-state index contributed by atoms with van der Waals surface area (Å²) in [4.78, 5) is 12.5. The van der Waals surface area contributed by atoms with Crippen molar-refractivity contribution in [3.8, 4) is 0 Å². The molecule has 0 saturated carbocycles. The average molecular weight is 371 g/mol. The third kappa shape index (κ3) is 4.16. The molecule has 6 heteroatoms. The number of nitrogens with one attached hydrogen (secondary N) is 1. The van der Waals surface area contributed by atoms with E-state index in [0.29, 0.717) is 11.3 Å². The Morgan fingerprint density at radius 2 is 2.31 bits per heavy atom. The van der Waals surface area contributed by atoms with E-state index in [0.717, 1.165) is 14.7 Å². The summed E-state index contributed by atoms with van der Waals surface area (Å²) in [6.45, 7) is 2.10. The van der Waals surface area contributed by atoms with E-state index in [1.807, 2.05) is 6.92 Å². The summed E-state index contributed by atoms with van der Waals surface area (Å²) >= 11 is 8.09. The summed E-state index contributed by atoms with van der Waals surface area (Å²) in [5.41, 5.74) is 0. The fourth-order valence-electron chi connectivity index (χ4n) is 1.22. The van der Waals surface area contributed by atoms with Crippen LogP contribution < -0.4 is 5.32 Å². The number of carbonyl (C=O) groups excluding carboxylic acids is 1. The van der Waals surface area contributed by atoms with Crippen molar-refractivity contribution in [2.75, 3.05) is 6.61 Å². The first-order valence-corrected chi connectivity index (χ1v) is 7.31. The van der Waals surface area contributed by atoms with Gasteiger partial charge in [0.05, 0.1) is 8.66 Å². The van der Waals surface area contributed by atoms with Crippen molar-refractivity contribution < 1.29 is 9.90 Å². The minimum absolute atomic E-state index is 0.0677. The first-order valence-electron chi connectivity index (χ1n) is 4.91. The van der Waals surface area contributed by atoms with E-state index >= 15 is 0 Å². The fourth-order valence-corrected chi connectivity index (χ4v) is 3.16. The van der Waals surface area contributed by atoms with E-state index in [4.69, 9.17) is 5.11 Å². The van der Waals surface area contributed by atoms with Crippen LogP contribution in [0.25, 0.3) is 0 Å². The SMILES string of the molecule is CC(CCCO)NC(=O)c1cc(Br)c(Br)s1. The Balaban J connectivity index is 2.52. The lowest BCUT2D eigenvalue weighted by Gasteiger charge is -2.11. The average Bonchev–Trinajstić information content (AvgIpc) is 2.56. The van der Waals surface area contributed by atoms with Crippen molar-refractivity contribution in [3.05, 3.63) is 19.2 Å². The summed E-state index contributed by atoms with van der Waals surface area (Å²) in [5, 5.41) is 11.6. The highest BCUT2D eigenvalue weighted by Crippen LogP contribution is 2.32. The molecule has 90 valence electrons. The first kappa shape index (κ1) is 14.2. The van der Waals surface area contributed by atoms with Gasteiger partial charge in [-0.2, -0.15) is 0 Å². The largest absolute Gasteiger partial charge is 0.396 e. The van der Waals surface area contributed by atoms with Crippen molar-refractivity contribution in [2.45, 2.75) is 25.8 Å². The highest BCUT2D eigenvalue weighted by molar-refractivity contribution is 9.13. The molecule has 0 aromatic carbocycles. The van der Waals surface area contributed by atoms with Crippen LogP contribution in [0.1, 0.15) is 29.4 Å². The van der Waals surface area contributed by atoms with Gasteiger partial charge in [0.15, 0.2) is 0 Å². The molecule has 0 radical (unpaired) electrons. The number of rotatable bonds is 5. The number of amides is 1. The zero-order valence-electron chi connectivity index (χ0n) is 8.80. The molecule has 0 aliphatic carbocycles. The summed E-state index contributed by atoms with van der Waals surface area (Å²) in [7, 11) is 0. The van der Waals surface area contributed by atoms with E-state index in [-0.39, 0.29) is 18.6 Å². The van der Waals surface area contributed by atoms with Gasteiger partial charge in [-0.15, -0.1) is 11.3 Å². The van der Waals surface area contributed by atoms with Gasteiger partial charge < -0.3 is 10.4 Å². The molecule has 1 rings (SSSR count). The quantitative estimate of drug-likeness (QED) is 0.836. The molecule has 0 bridgehead atoms. The molecule has 0 spiro atoms. The lowest BCUT2D eigenvalue weighted by Crippen LogP contribution is -2.32. The molecular weight excluding hydrogens is 358 g/mol. The maximum absolute atomic E-state index is 11.8. The number of hydrogen-bond donors (Lipinski definition) is 2. The highest BCUT2D eigenvalue weighted by atomic mass is 79.9. The molecule has 0 aliphatic rings. The van der Waals surface area contributed by atoms with Crippen molar-refractivity contribution >= 4 is 49.1 Å². The van der Waals surface area contributed by atoms with E-state index in [1.54, 1.807) is 6.07 Å². The Hall–Kier alpha value is 0.0900. The normalized spacial score (nSPS) is 12.5. The Morgan fingerprint density at radius 3 is 2.81 bits per heavy atom. The van der Waals surface area contributed by atoms with Gasteiger partial charge in [-0.1, -0.05) is 0 Å². The summed E-state index contributed by atoms with van der Waals surface area (Å²) in [5.74, 6) is -0.0677. The molecule has 1 amide bonds. The van der Waals surface area contributed by atoms with Crippen LogP contribution in [0.5, 0.6) is 0 Å². The van der Waals surface area contributed by atoms with Gasteiger partial charge in [-0.05, 0) is 57.7 Å². The molecule has 2 N–H and O–H groups in total. The van der Waals surface area contributed by atoms with Crippen LogP contribution in [0.15, 0.2) is 14.3 Å². The monoisotopic (exact) mass is 369 g/mol. The van der Waals surface area contributed by atoms with Crippen molar-refractivity contribution in [2.24, 2.45) is 0 Å². The molecule has 1 heterocycles. The zero-order valence-corrected chi connectivity index (χ0v) is 12.8. The molecule has 1 aromatic heterocycles. The fraction of sp³-hybridized carbons (Fsp3) is 0.500. The molecular formula is C10H13Br2NO2S. The number of carbonyl (C=O) groups is 1. The third-order valence-electron chi connectivity index (χ3n) is 2.04. The molecule has 1 atom stereocenters. The summed E-state index contributed by atoms with van der Waals surface area (Å²) in [6.07, 6.45) is 1.50. The Labute approximate surface area is 116 Å². The van der Waals surface area contributed by atoms with Crippen LogP contribution in [-0.4, -0.2) is 23.7 Å². The van der Waals surface area contributed by atoms with Gasteiger partial charge in [0, 0.05) is 17.1 Å². The zero-order chi connectivity index (χ0) is 12.1. The predicted molar refractivity (Wildman–Crippen MR) is 73.0 cm³/mol. The second-order valence-electron chi connectivity index (χ2n) is 3.47. The Bertz CT molecular complexity index is 348. The second kappa shape index (κ2) is 6.74. The van der Waals surface area contributed by atoms with E-state index in [2.05, 4.69) is 37.2 Å². The van der Waals surface area contributed by atoms with Crippen LogP contribution in [0.3, 0.4) is 0 Å². The van der Waals surface area contributed by atoms with Crippen molar-refractivity contribution in [3.63, 3.8) is 0 Å². The van der Waals surface area contributed by atoms with Gasteiger partial charge in [0.1, 0.15) is 0 Å². The maximum atomic E-state index is 11.8. The maximum Gasteiger partial charge on any atom is 0.261 e. The molecule has 0 saturated heterocycles. The van der Waals surface area contributed by atoms with Crippen molar-refractivity contribution in [1.29, 1.82) is 0 Å². The van der Waals surface area contributed by atoms with Crippen molar-refractivity contribution in [1.82, 2.24) is 5.32 Å². The number of aliphatic hydroxyl groups is 1. The topological polar surface area (TPSA) is 49.3 Å². The van der Waals surface area contributed by atoms with Gasteiger partial charge in [0.2, 0.25) is 0 Å². The van der Waals surface area contributed by atoms with Gasteiger partial charge >= 0.3 is 0 Å². The minimum atomic E-state index is -0.0677. The van der Waals surface area contributed by atoms with Gasteiger partial charge in [0.25, 0.3) is 5.91 Å². The smallest absolute Gasteiger partial charge is 0.261 e. The van der Waals surface area contributed by atoms with E-state index in [9.17, 15) is 4.79 Å². The second-order valence-corrected chi connectivity index (χ2v) is 6.70. The summed E-state index contributed by atoms with van der Waals surface area (Å²) in [6, 6.07) is 1.88. The Morgan fingerprint density at radius 1 is 1.62 bits per heavy atom. The lowest BCUT2D eigenvalue weighted by molar-refractivity contribution is 0.0940. The van der Waals surface area contributed by atoms with Gasteiger partial charge in [-0.3, -0.25) is 4.79 Å². The first-order chi connectivity index (χ1) is 7.54. The number of aliphatic hydroxyl groups excluding tert-OH is 1. The number of hydrogen-bond acceptors (Lipinski definition) is 3.